The molecule has 0 spiro atoms. The molecule has 5 heteroatoms. The molecule has 4 atom stereocenters. The lowest BCUT2D eigenvalue weighted by molar-refractivity contribution is -0.210. The normalized spacial score (nSPS) is 26.4. The molecule has 3 rings (SSSR count). The molecule has 34 heavy (non-hydrogen) atoms. The zero-order valence-electron chi connectivity index (χ0n) is 22.9. The van der Waals surface area contributed by atoms with Gasteiger partial charge in [0, 0.05) is 25.7 Å². The average Bonchev–Trinajstić information content (AvgIpc) is 2.84. The van der Waals surface area contributed by atoms with Crippen molar-refractivity contribution in [2.24, 2.45) is 11.3 Å². The second kappa shape index (κ2) is 14.5. The van der Waals surface area contributed by atoms with Gasteiger partial charge in [0.05, 0.1) is 6.61 Å². The maximum Gasteiger partial charge on any atom is 0.160 e. The van der Waals surface area contributed by atoms with Crippen molar-refractivity contribution in [2.45, 2.75) is 111 Å². The van der Waals surface area contributed by atoms with Crippen LogP contribution < -0.4 is 0 Å². The molecule has 0 aromatic heterocycles. The molecular formula is C29H52O5. The highest BCUT2D eigenvalue weighted by Crippen LogP contribution is 2.59. The number of fused-ring (bicyclic) bond motifs is 3. The van der Waals surface area contributed by atoms with Crippen molar-refractivity contribution in [1.29, 1.82) is 0 Å². The molecule has 198 valence electrons. The summed E-state index contributed by atoms with van der Waals surface area (Å²) >= 11 is 0. The van der Waals surface area contributed by atoms with Crippen molar-refractivity contribution >= 4 is 0 Å². The Morgan fingerprint density at radius 3 is 2.26 bits per heavy atom. The van der Waals surface area contributed by atoms with Gasteiger partial charge in [0.15, 0.2) is 6.29 Å². The van der Waals surface area contributed by atoms with Gasteiger partial charge in [0.25, 0.3) is 0 Å². The molecule has 2 aliphatic rings. The van der Waals surface area contributed by atoms with Gasteiger partial charge < -0.3 is 25.2 Å². The Kier molecular flexibility index (Phi) is 13.3. The van der Waals surface area contributed by atoms with Gasteiger partial charge in [0.1, 0.15) is 0 Å². The van der Waals surface area contributed by atoms with E-state index in [1.807, 2.05) is 13.8 Å². The summed E-state index contributed by atoms with van der Waals surface area (Å²) in [5.74, 6) is 0.846. The predicted molar refractivity (Wildman–Crippen MR) is 140 cm³/mol. The Labute approximate surface area is 208 Å². The number of ether oxygens (including phenoxy) is 1. The van der Waals surface area contributed by atoms with E-state index in [0.29, 0.717) is 24.9 Å². The van der Waals surface area contributed by atoms with Gasteiger partial charge in [-0.1, -0.05) is 60.1 Å². The lowest BCUT2D eigenvalue weighted by Crippen LogP contribution is -2.54. The smallest absolute Gasteiger partial charge is 0.160 e. The lowest BCUT2D eigenvalue weighted by Gasteiger charge is -2.56. The fraction of sp³-hybridized carbons (Fsp3) is 0.793. The highest BCUT2D eigenvalue weighted by atomic mass is 16.6. The predicted octanol–water partition coefficient (Wildman–Crippen LogP) is 5.10. The van der Waals surface area contributed by atoms with Crippen LogP contribution in [0.5, 0.6) is 0 Å². The highest BCUT2D eigenvalue weighted by Gasteiger charge is 2.55. The SMILES string of the molecule is CC.CC(C)c1cc2c(cc1CCCO)C1(C)CCCC(C)(C(O)OCCCO)C1CC2.CO. The molecule has 0 amide bonds. The van der Waals surface area contributed by atoms with Crippen LogP contribution >= 0.6 is 0 Å². The van der Waals surface area contributed by atoms with E-state index in [2.05, 4.69) is 39.8 Å². The van der Waals surface area contributed by atoms with Crippen LogP contribution in [0.1, 0.15) is 108 Å². The van der Waals surface area contributed by atoms with Crippen LogP contribution in [-0.4, -0.2) is 53.6 Å². The second-order valence-corrected chi connectivity index (χ2v) is 10.4. The molecule has 0 heterocycles. The van der Waals surface area contributed by atoms with Crippen molar-refractivity contribution in [2.75, 3.05) is 26.9 Å². The first-order valence-electron chi connectivity index (χ1n) is 13.4. The summed E-state index contributed by atoms with van der Waals surface area (Å²) in [6.07, 6.45) is 6.82. The molecule has 0 radical (unpaired) electrons. The lowest BCUT2D eigenvalue weighted by atomic mass is 9.49. The third-order valence-corrected chi connectivity index (χ3v) is 8.03. The van der Waals surface area contributed by atoms with E-state index in [4.69, 9.17) is 14.9 Å². The standard InChI is InChI=1S/C26H42O4.C2H6.CH4O/c1-18(2)21-16-20-9-10-23-25(3,22(20)17-19(21)8-5-13-27)11-6-12-26(23,4)24(29)30-15-7-14-28;2*1-2/h16-18,23-24,27-29H,5-15H2,1-4H3;1-2H3;2H,1H3. The minimum Gasteiger partial charge on any atom is -0.400 e. The summed E-state index contributed by atoms with van der Waals surface area (Å²) in [5.41, 5.74) is 5.50. The second-order valence-electron chi connectivity index (χ2n) is 10.4. The molecule has 4 N–H and O–H groups in total. The minimum atomic E-state index is -0.793. The summed E-state index contributed by atoms with van der Waals surface area (Å²) < 4.78 is 5.80. The van der Waals surface area contributed by atoms with E-state index in [1.54, 1.807) is 0 Å². The van der Waals surface area contributed by atoms with Gasteiger partial charge in [-0.05, 0) is 84.5 Å². The van der Waals surface area contributed by atoms with Crippen molar-refractivity contribution in [3.05, 3.63) is 34.4 Å². The maximum atomic E-state index is 11.0. The van der Waals surface area contributed by atoms with E-state index in [9.17, 15) is 10.2 Å². The first-order chi connectivity index (χ1) is 16.3. The van der Waals surface area contributed by atoms with Crippen LogP contribution in [0.4, 0.5) is 0 Å². The molecule has 0 bridgehead atoms. The Hall–Kier alpha value is -0.980. The summed E-state index contributed by atoms with van der Waals surface area (Å²) in [5, 5.41) is 36.5. The molecular weight excluding hydrogens is 428 g/mol. The number of hydrogen-bond donors (Lipinski definition) is 4. The minimum absolute atomic E-state index is 0.0331. The van der Waals surface area contributed by atoms with Crippen LogP contribution in [0.15, 0.2) is 12.1 Å². The van der Waals surface area contributed by atoms with E-state index >= 15 is 0 Å². The molecule has 4 unspecified atom stereocenters. The van der Waals surface area contributed by atoms with Crippen molar-refractivity contribution in [1.82, 2.24) is 0 Å². The van der Waals surface area contributed by atoms with E-state index in [1.165, 1.54) is 22.3 Å². The molecule has 5 nitrogen and oxygen atoms in total. The van der Waals surface area contributed by atoms with Gasteiger partial charge in [0.2, 0.25) is 0 Å². The first kappa shape index (κ1) is 31.1. The number of rotatable bonds is 9. The topological polar surface area (TPSA) is 90.2 Å². The number of benzene rings is 1. The fourth-order valence-corrected chi connectivity index (χ4v) is 6.40. The Morgan fingerprint density at radius 1 is 1.03 bits per heavy atom. The Morgan fingerprint density at radius 2 is 1.68 bits per heavy atom. The van der Waals surface area contributed by atoms with E-state index in [-0.39, 0.29) is 24.0 Å². The van der Waals surface area contributed by atoms with Crippen LogP contribution in [0.3, 0.4) is 0 Å². The summed E-state index contributed by atoms with van der Waals surface area (Å²) in [6.45, 7) is 13.8. The van der Waals surface area contributed by atoms with Crippen molar-refractivity contribution in [3.63, 3.8) is 0 Å². The van der Waals surface area contributed by atoms with Crippen LogP contribution in [0.25, 0.3) is 0 Å². The van der Waals surface area contributed by atoms with Gasteiger partial charge in [-0.3, -0.25) is 0 Å². The summed E-state index contributed by atoms with van der Waals surface area (Å²) in [7, 11) is 1.00. The fourth-order valence-electron chi connectivity index (χ4n) is 6.40. The number of aliphatic hydroxyl groups excluding tert-OH is 4. The van der Waals surface area contributed by atoms with Crippen molar-refractivity contribution < 1.29 is 25.2 Å². The molecule has 1 saturated carbocycles. The average molecular weight is 481 g/mol. The largest absolute Gasteiger partial charge is 0.400 e. The van der Waals surface area contributed by atoms with E-state index in [0.717, 1.165) is 52.1 Å². The molecule has 0 saturated heterocycles. The quantitative estimate of drug-likeness (QED) is 0.292. The molecule has 1 fully saturated rings. The van der Waals surface area contributed by atoms with Gasteiger partial charge in [-0.25, -0.2) is 0 Å². The van der Waals surface area contributed by atoms with Gasteiger partial charge in [-0.15, -0.1) is 0 Å². The van der Waals surface area contributed by atoms with E-state index < -0.39 is 6.29 Å². The first-order valence-corrected chi connectivity index (χ1v) is 13.4. The number of hydrogen-bond acceptors (Lipinski definition) is 5. The van der Waals surface area contributed by atoms with Crippen molar-refractivity contribution in [3.8, 4) is 0 Å². The third-order valence-electron chi connectivity index (χ3n) is 8.03. The van der Waals surface area contributed by atoms with Gasteiger partial charge in [-0.2, -0.15) is 0 Å². The molecule has 2 aliphatic carbocycles. The zero-order chi connectivity index (χ0) is 25.9. The van der Waals surface area contributed by atoms with Crippen LogP contribution in [-0.2, 0) is 23.0 Å². The summed E-state index contributed by atoms with van der Waals surface area (Å²) in [4.78, 5) is 0. The van der Waals surface area contributed by atoms with Gasteiger partial charge >= 0.3 is 0 Å². The number of aryl methyl sites for hydroxylation is 2. The van der Waals surface area contributed by atoms with Crippen LogP contribution in [0.2, 0.25) is 0 Å². The Bertz CT molecular complexity index is 719. The molecule has 1 aromatic carbocycles. The third kappa shape index (κ3) is 6.61. The molecule has 0 aliphatic heterocycles. The Balaban J connectivity index is 0.00000137. The highest BCUT2D eigenvalue weighted by molar-refractivity contribution is 5.46. The van der Waals surface area contributed by atoms with Crippen LogP contribution in [0, 0.1) is 11.3 Å². The number of aliphatic hydroxyl groups is 4. The molecule has 1 aromatic rings. The maximum absolute atomic E-state index is 11.0. The monoisotopic (exact) mass is 480 g/mol. The zero-order valence-corrected chi connectivity index (χ0v) is 22.9. The summed E-state index contributed by atoms with van der Waals surface area (Å²) in [6, 6.07) is 4.88.